The Bertz CT molecular complexity index is 1720. The zero-order valence-electron chi connectivity index (χ0n) is 18.1. The van der Waals surface area contributed by atoms with Crippen LogP contribution in [0, 0.1) is 5.82 Å². The molecule has 10 heteroatoms. The first-order valence-electron chi connectivity index (χ1n) is 10.7. The standard InChI is InChI=1S/C25H17FN8O/c26-17-6-4-15(5-7-17)23-24(33-12-2-1-3-21(33)31-23)18-8-9-22-29-20(14-34(22)32-18)30-25(35)16-10-11-28-19(27)13-16/h1-14H,(H2,27,28)(H,30,35). The first-order valence-corrected chi connectivity index (χ1v) is 10.7. The summed E-state index contributed by atoms with van der Waals surface area (Å²) >= 11 is 0. The van der Waals surface area contributed by atoms with Gasteiger partial charge in [0.25, 0.3) is 5.91 Å². The summed E-state index contributed by atoms with van der Waals surface area (Å²) in [5.74, 6) is -0.0833. The second-order valence-electron chi connectivity index (χ2n) is 7.82. The normalized spacial score (nSPS) is 11.2. The smallest absolute Gasteiger partial charge is 0.257 e. The number of imidazole rings is 2. The van der Waals surface area contributed by atoms with E-state index in [1.54, 1.807) is 35.0 Å². The van der Waals surface area contributed by atoms with E-state index in [0.717, 1.165) is 16.9 Å². The highest BCUT2D eigenvalue weighted by Gasteiger charge is 2.18. The highest BCUT2D eigenvalue weighted by molar-refractivity contribution is 6.04. The van der Waals surface area contributed by atoms with Crippen molar-refractivity contribution in [2.75, 3.05) is 11.1 Å². The number of benzene rings is 1. The number of nitrogens with two attached hydrogens (primary N) is 1. The summed E-state index contributed by atoms with van der Waals surface area (Å²) in [5.41, 5.74) is 10.1. The number of pyridine rings is 2. The number of aromatic nitrogens is 6. The number of hydrogen-bond donors (Lipinski definition) is 2. The van der Waals surface area contributed by atoms with Crippen molar-refractivity contribution in [3.8, 4) is 22.6 Å². The summed E-state index contributed by atoms with van der Waals surface area (Å²) in [7, 11) is 0. The number of nitrogens with zero attached hydrogens (tertiary/aromatic N) is 6. The summed E-state index contributed by atoms with van der Waals surface area (Å²) in [6.45, 7) is 0. The van der Waals surface area contributed by atoms with Gasteiger partial charge in [0.2, 0.25) is 0 Å². The first-order chi connectivity index (χ1) is 17.0. The lowest BCUT2D eigenvalue weighted by molar-refractivity contribution is 0.102. The number of nitrogens with one attached hydrogen (secondary N) is 1. The Kier molecular flexibility index (Phi) is 4.70. The molecule has 35 heavy (non-hydrogen) atoms. The maximum atomic E-state index is 13.5. The van der Waals surface area contributed by atoms with Crippen molar-refractivity contribution >= 4 is 28.8 Å². The van der Waals surface area contributed by atoms with E-state index in [9.17, 15) is 9.18 Å². The summed E-state index contributed by atoms with van der Waals surface area (Å²) in [6, 6.07) is 18.6. The molecule has 0 aliphatic heterocycles. The molecule has 3 N–H and O–H groups in total. The second-order valence-corrected chi connectivity index (χ2v) is 7.82. The Morgan fingerprint density at radius 3 is 2.66 bits per heavy atom. The van der Waals surface area contributed by atoms with Crippen molar-refractivity contribution in [3.63, 3.8) is 0 Å². The molecule has 0 spiro atoms. The Morgan fingerprint density at radius 1 is 0.971 bits per heavy atom. The van der Waals surface area contributed by atoms with E-state index < -0.39 is 0 Å². The molecule has 170 valence electrons. The molecule has 0 fully saturated rings. The van der Waals surface area contributed by atoms with Crippen LogP contribution in [0.4, 0.5) is 16.0 Å². The minimum atomic E-state index is -0.358. The van der Waals surface area contributed by atoms with Crippen molar-refractivity contribution in [2.45, 2.75) is 0 Å². The fourth-order valence-corrected chi connectivity index (χ4v) is 3.90. The lowest BCUT2D eigenvalue weighted by atomic mass is 10.1. The fraction of sp³-hybridized carbons (Fsp3) is 0. The molecule has 0 unspecified atom stereocenters. The van der Waals surface area contributed by atoms with Crippen molar-refractivity contribution in [3.05, 3.63) is 96.7 Å². The van der Waals surface area contributed by atoms with Gasteiger partial charge in [0.05, 0.1) is 11.9 Å². The third-order valence-electron chi connectivity index (χ3n) is 5.50. The monoisotopic (exact) mass is 464 g/mol. The number of carbonyl (C=O) groups is 1. The molecule has 1 amide bonds. The van der Waals surface area contributed by atoms with Gasteiger partial charge in [-0.05, 0) is 60.7 Å². The first kappa shape index (κ1) is 20.5. The average molecular weight is 464 g/mol. The number of anilines is 2. The molecule has 0 radical (unpaired) electrons. The molecule has 0 aliphatic carbocycles. The molecule has 0 atom stereocenters. The zero-order valence-corrected chi connectivity index (χ0v) is 18.1. The van der Waals surface area contributed by atoms with Crippen molar-refractivity contribution in [2.24, 2.45) is 0 Å². The van der Waals surface area contributed by atoms with E-state index in [2.05, 4.69) is 15.3 Å². The average Bonchev–Trinajstić information content (AvgIpc) is 3.44. The minimum Gasteiger partial charge on any atom is -0.384 e. The summed E-state index contributed by atoms with van der Waals surface area (Å²) in [5, 5.41) is 7.48. The summed E-state index contributed by atoms with van der Waals surface area (Å²) < 4.78 is 17.1. The molecular formula is C25H17FN8O. The highest BCUT2D eigenvalue weighted by atomic mass is 19.1. The van der Waals surface area contributed by atoms with E-state index >= 15 is 0 Å². The Labute approximate surface area is 197 Å². The predicted molar refractivity (Wildman–Crippen MR) is 129 cm³/mol. The van der Waals surface area contributed by atoms with Crippen molar-refractivity contribution in [1.82, 2.24) is 29.0 Å². The van der Waals surface area contributed by atoms with Crippen LogP contribution in [-0.4, -0.2) is 34.9 Å². The van der Waals surface area contributed by atoms with Gasteiger partial charge in [0.15, 0.2) is 11.5 Å². The third kappa shape index (κ3) is 3.72. The SMILES string of the molecule is Nc1cc(C(=O)Nc2cn3nc(-c4c(-c5ccc(F)cc5)nc5ccccn45)ccc3n2)ccn1. The highest BCUT2D eigenvalue weighted by Crippen LogP contribution is 2.32. The Morgan fingerprint density at radius 2 is 1.83 bits per heavy atom. The van der Waals surface area contributed by atoms with Crippen molar-refractivity contribution in [1.29, 1.82) is 0 Å². The van der Waals surface area contributed by atoms with Crippen LogP contribution in [0.25, 0.3) is 33.9 Å². The molecule has 5 aromatic heterocycles. The van der Waals surface area contributed by atoms with Crippen LogP contribution in [0.5, 0.6) is 0 Å². The van der Waals surface area contributed by atoms with Gasteiger partial charge >= 0.3 is 0 Å². The van der Waals surface area contributed by atoms with Crippen LogP contribution in [0.15, 0.2) is 85.3 Å². The van der Waals surface area contributed by atoms with Crippen LogP contribution in [0.3, 0.4) is 0 Å². The topological polar surface area (TPSA) is 116 Å². The third-order valence-corrected chi connectivity index (χ3v) is 5.50. The molecule has 6 rings (SSSR count). The molecule has 0 saturated heterocycles. The molecular weight excluding hydrogens is 447 g/mol. The molecule has 1 aromatic carbocycles. The lowest BCUT2D eigenvalue weighted by Gasteiger charge is -2.05. The fourth-order valence-electron chi connectivity index (χ4n) is 3.90. The number of rotatable bonds is 4. The number of amides is 1. The van der Waals surface area contributed by atoms with Crippen LogP contribution >= 0.6 is 0 Å². The van der Waals surface area contributed by atoms with Crippen molar-refractivity contribution < 1.29 is 9.18 Å². The van der Waals surface area contributed by atoms with Crippen LogP contribution in [-0.2, 0) is 0 Å². The maximum Gasteiger partial charge on any atom is 0.257 e. The molecule has 9 nitrogen and oxygen atoms in total. The van der Waals surface area contributed by atoms with Gasteiger partial charge in [-0.25, -0.2) is 23.9 Å². The van der Waals surface area contributed by atoms with E-state index in [4.69, 9.17) is 15.8 Å². The van der Waals surface area contributed by atoms with Gasteiger partial charge in [-0.2, -0.15) is 5.10 Å². The van der Waals surface area contributed by atoms with E-state index in [0.29, 0.717) is 28.4 Å². The van der Waals surface area contributed by atoms with Crippen LogP contribution in [0.1, 0.15) is 10.4 Å². The second kappa shape index (κ2) is 8.03. The van der Waals surface area contributed by atoms with Gasteiger partial charge in [-0.3, -0.25) is 9.20 Å². The van der Waals surface area contributed by atoms with Crippen LogP contribution in [0.2, 0.25) is 0 Å². The molecule has 0 saturated carbocycles. The molecule has 0 aliphatic rings. The van der Waals surface area contributed by atoms with E-state index in [1.165, 1.54) is 24.4 Å². The lowest BCUT2D eigenvalue weighted by Crippen LogP contribution is -2.12. The Balaban J connectivity index is 1.41. The van der Waals surface area contributed by atoms with Gasteiger partial charge in [-0.15, -0.1) is 0 Å². The zero-order chi connectivity index (χ0) is 23.9. The van der Waals surface area contributed by atoms with Gasteiger partial charge in [-0.1, -0.05) is 6.07 Å². The largest absolute Gasteiger partial charge is 0.384 e. The van der Waals surface area contributed by atoms with Crippen LogP contribution < -0.4 is 11.1 Å². The molecule has 0 bridgehead atoms. The van der Waals surface area contributed by atoms with E-state index in [1.807, 2.05) is 34.9 Å². The number of carbonyl (C=O) groups excluding carboxylic acids is 1. The minimum absolute atomic E-state index is 0.254. The maximum absolute atomic E-state index is 13.5. The number of nitrogen functional groups attached to an aromatic ring is 1. The quantitative estimate of drug-likeness (QED) is 0.406. The summed E-state index contributed by atoms with van der Waals surface area (Å²) in [6.07, 6.45) is 5.00. The number of hydrogen-bond acceptors (Lipinski definition) is 6. The van der Waals surface area contributed by atoms with E-state index in [-0.39, 0.29) is 17.5 Å². The predicted octanol–water partition coefficient (Wildman–Crippen LogP) is 4.08. The van der Waals surface area contributed by atoms with Gasteiger partial charge in [0.1, 0.15) is 28.7 Å². The van der Waals surface area contributed by atoms with Gasteiger partial charge < -0.3 is 11.1 Å². The number of halogens is 1. The number of fused-ring (bicyclic) bond motifs is 2. The molecule has 6 aromatic rings. The van der Waals surface area contributed by atoms with Gasteiger partial charge in [0, 0.05) is 23.5 Å². The summed E-state index contributed by atoms with van der Waals surface area (Å²) in [4.78, 5) is 25.7. The molecule has 5 heterocycles. The Hall–Kier alpha value is -5.12.